The van der Waals surface area contributed by atoms with Gasteiger partial charge in [-0.1, -0.05) is 11.6 Å². The maximum atomic E-state index is 12.3. The number of aromatic nitrogens is 4. The Labute approximate surface area is 150 Å². The molecule has 0 radical (unpaired) electrons. The highest BCUT2D eigenvalue weighted by molar-refractivity contribution is 6.30. The molecule has 2 aromatic heterocycles. The zero-order valence-electron chi connectivity index (χ0n) is 14.2. The van der Waals surface area contributed by atoms with Crippen molar-refractivity contribution in [1.29, 1.82) is 0 Å². The third-order valence-electron chi connectivity index (χ3n) is 3.85. The van der Waals surface area contributed by atoms with Crippen molar-refractivity contribution in [2.75, 3.05) is 5.32 Å². The first-order valence-corrected chi connectivity index (χ1v) is 8.04. The molecule has 0 aliphatic heterocycles. The van der Waals surface area contributed by atoms with Crippen LogP contribution in [0.4, 0.5) is 5.69 Å². The average molecular weight is 360 g/mol. The minimum Gasteiger partial charge on any atom is -0.471 e. The van der Waals surface area contributed by atoms with E-state index in [9.17, 15) is 4.79 Å². The number of halogens is 1. The average Bonchev–Trinajstić information content (AvgIpc) is 3.16. The van der Waals surface area contributed by atoms with Gasteiger partial charge in [0.15, 0.2) is 12.4 Å². The zero-order chi connectivity index (χ0) is 18.0. The molecule has 0 fully saturated rings. The Morgan fingerprint density at radius 1 is 1.32 bits per heavy atom. The van der Waals surface area contributed by atoms with Crippen LogP contribution in [-0.4, -0.2) is 25.5 Å². The van der Waals surface area contributed by atoms with Crippen LogP contribution in [0.2, 0.25) is 5.02 Å². The first-order chi connectivity index (χ1) is 11.9. The molecule has 0 bridgehead atoms. The van der Waals surface area contributed by atoms with Crippen LogP contribution < -0.4 is 10.1 Å². The summed E-state index contributed by atoms with van der Waals surface area (Å²) >= 11 is 5.93. The van der Waals surface area contributed by atoms with Crippen molar-refractivity contribution in [2.24, 2.45) is 7.05 Å². The summed E-state index contributed by atoms with van der Waals surface area (Å²) in [6.45, 7) is 3.99. The molecule has 3 aromatic rings. The fourth-order valence-electron chi connectivity index (χ4n) is 2.27. The molecule has 1 amide bonds. The molecule has 2 heterocycles. The van der Waals surface area contributed by atoms with Gasteiger partial charge in [-0.05, 0) is 43.7 Å². The summed E-state index contributed by atoms with van der Waals surface area (Å²) in [5, 5.41) is 11.8. The van der Waals surface area contributed by atoms with Crippen molar-refractivity contribution in [1.82, 2.24) is 19.6 Å². The Kier molecular flexibility index (Phi) is 4.76. The van der Waals surface area contributed by atoms with Crippen molar-refractivity contribution >= 4 is 23.2 Å². The molecule has 1 N–H and O–H groups in total. The van der Waals surface area contributed by atoms with Crippen LogP contribution in [0.15, 0.2) is 36.7 Å². The van der Waals surface area contributed by atoms with Crippen LogP contribution in [0.1, 0.15) is 21.7 Å². The molecule has 8 heteroatoms. The summed E-state index contributed by atoms with van der Waals surface area (Å²) < 4.78 is 8.95. The van der Waals surface area contributed by atoms with Gasteiger partial charge in [0.1, 0.15) is 5.75 Å². The van der Waals surface area contributed by atoms with E-state index in [0.29, 0.717) is 16.4 Å². The molecule has 130 valence electrons. The number of amides is 1. The number of rotatable bonds is 5. The number of anilines is 1. The number of hydrogen-bond donors (Lipinski definition) is 1. The summed E-state index contributed by atoms with van der Waals surface area (Å²) in [4.78, 5) is 12.3. The monoisotopic (exact) mass is 359 g/mol. The molecule has 7 nitrogen and oxygen atoms in total. The molecule has 1 aromatic carbocycles. The normalized spacial score (nSPS) is 10.7. The minimum absolute atomic E-state index is 0.196. The second-order valence-electron chi connectivity index (χ2n) is 5.65. The number of carbonyl (C=O) groups excluding carboxylic acids is 1. The van der Waals surface area contributed by atoms with E-state index in [4.69, 9.17) is 16.3 Å². The smallest absolute Gasteiger partial charge is 0.276 e. The summed E-state index contributed by atoms with van der Waals surface area (Å²) in [6.07, 6.45) is 3.30. The Morgan fingerprint density at radius 3 is 2.80 bits per heavy atom. The van der Waals surface area contributed by atoms with E-state index in [1.807, 2.05) is 27.0 Å². The van der Waals surface area contributed by atoms with E-state index in [1.54, 1.807) is 40.0 Å². The van der Waals surface area contributed by atoms with E-state index >= 15 is 0 Å². The van der Waals surface area contributed by atoms with Gasteiger partial charge in [-0.25, -0.2) is 4.68 Å². The largest absolute Gasteiger partial charge is 0.471 e. The van der Waals surface area contributed by atoms with Gasteiger partial charge in [0, 0.05) is 18.3 Å². The fourth-order valence-corrected chi connectivity index (χ4v) is 2.50. The molecule has 25 heavy (non-hydrogen) atoms. The van der Waals surface area contributed by atoms with Gasteiger partial charge in [0.25, 0.3) is 5.91 Å². The molecular formula is C17H18ClN5O2. The molecule has 0 unspecified atom stereocenters. The quantitative estimate of drug-likeness (QED) is 0.759. The zero-order valence-corrected chi connectivity index (χ0v) is 14.9. The predicted octanol–water partition coefficient (Wildman–Crippen LogP) is 3.18. The first kappa shape index (κ1) is 17.0. The van der Waals surface area contributed by atoms with Crippen molar-refractivity contribution < 1.29 is 9.53 Å². The summed E-state index contributed by atoms with van der Waals surface area (Å²) in [6, 6.07) is 7.04. The number of aryl methyl sites for hydroxylation is 2. The maximum absolute atomic E-state index is 12.3. The third kappa shape index (κ3) is 3.83. The molecule has 0 saturated heterocycles. The van der Waals surface area contributed by atoms with Gasteiger partial charge >= 0.3 is 0 Å². The number of carbonyl (C=O) groups is 1. The number of ether oxygens (including phenoxy) is 1. The first-order valence-electron chi connectivity index (χ1n) is 7.66. The van der Waals surface area contributed by atoms with Crippen LogP contribution in [0.3, 0.4) is 0 Å². The second-order valence-corrected chi connectivity index (χ2v) is 6.08. The van der Waals surface area contributed by atoms with Crippen LogP contribution >= 0.6 is 11.6 Å². The van der Waals surface area contributed by atoms with Crippen molar-refractivity contribution in [3.05, 3.63) is 58.6 Å². The van der Waals surface area contributed by atoms with E-state index in [1.165, 1.54) is 0 Å². The third-order valence-corrected chi connectivity index (χ3v) is 4.08. The van der Waals surface area contributed by atoms with Gasteiger partial charge in [0.2, 0.25) is 0 Å². The van der Waals surface area contributed by atoms with E-state index in [-0.39, 0.29) is 12.6 Å². The predicted molar refractivity (Wildman–Crippen MR) is 94.9 cm³/mol. The van der Waals surface area contributed by atoms with E-state index in [2.05, 4.69) is 15.5 Å². The van der Waals surface area contributed by atoms with Gasteiger partial charge in [-0.2, -0.15) is 10.2 Å². The lowest BCUT2D eigenvalue weighted by molar-refractivity contribution is 0.102. The van der Waals surface area contributed by atoms with Gasteiger partial charge < -0.3 is 10.1 Å². The van der Waals surface area contributed by atoms with Crippen LogP contribution in [-0.2, 0) is 13.8 Å². The summed E-state index contributed by atoms with van der Waals surface area (Å²) in [5.74, 6) is 0.425. The minimum atomic E-state index is -0.294. The number of hydrogen-bond acceptors (Lipinski definition) is 4. The molecular weight excluding hydrogens is 342 g/mol. The molecule has 0 aliphatic carbocycles. The maximum Gasteiger partial charge on any atom is 0.276 e. The number of nitrogens with one attached hydrogen (secondary N) is 1. The van der Waals surface area contributed by atoms with Gasteiger partial charge in [-0.15, -0.1) is 0 Å². The lowest BCUT2D eigenvalue weighted by Crippen LogP contribution is -2.14. The second kappa shape index (κ2) is 6.98. The van der Waals surface area contributed by atoms with Crippen LogP contribution in [0.5, 0.6) is 5.75 Å². The van der Waals surface area contributed by atoms with Crippen LogP contribution in [0.25, 0.3) is 0 Å². The van der Waals surface area contributed by atoms with Crippen LogP contribution in [0, 0.1) is 13.8 Å². The fraction of sp³-hybridized carbons (Fsp3) is 0.235. The summed E-state index contributed by atoms with van der Waals surface area (Å²) in [7, 11) is 1.82. The number of nitrogens with zero attached hydrogens (tertiary/aromatic N) is 4. The highest BCUT2D eigenvalue weighted by atomic mass is 35.5. The molecule has 0 atom stereocenters. The van der Waals surface area contributed by atoms with Gasteiger partial charge in [0.05, 0.1) is 17.6 Å². The Balaban J connectivity index is 1.63. The van der Waals surface area contributed by atoms with E-state index < -0.39 is 0 Å². The lowest BCUT2D eigenvalue weighted by Gasteiger charge is -2.09. The van der Waals surface area contributed by atoms with Crippen molar-refractivity contribution in [2.45, 2.75) is 20.6 Å². The van der Waals surface area contributed by atoms with Crippen molar-refractivity contribution in [3.8, 4) is 5.75 Å². The standard InChI is InChI=1S/C17H18ClN5O2/c1-11-8-13(18)4-5-16(11)25-10-23-7-6-14(21-23)17(24)20-15-9-19-22(3)12(15)2/h4-9H,10H2,1-3H3,(H,20,24). The van der Waals surface area contributed by atoms with E-state index in [0.717, 1.165) is 17.0 Å². The molecule has 3 rings (SSSR count). The van der Waals surface area contributed by atoms with Gasteiger partial charge in [-0.3, -0.25) is 9.48 Å². The topological polar surface area (TPSA) is 74.0 Å². The number of benzene rings is 1. The van der Waals surface area contributed by atoms with Crippen molar-refractivity contribution in [3.63, 3.8) is 0 Å². The summed E-state index contributed by atoms with van der Waals surface area (Å²) in [5.41, 5.74) is 2.77. The highest BCUT2D eigenvalue weighted by Gasteiger charge is 2.13. The molecule has 0 saturated carbocycles. The lowest BCUT2D eigenvalue weighted by atomic mass is 10.2. The Hall–Kier alpha value is -2.80. The Bertz CT molecular complexity index is 916. The Morgan fingerprint density at radius 2 is 2.12 bits per heavy atom. The molecule has 0 aliphatic rings. The SMILES string of the molecule is Cc1cc(Cl)ccc1OCn1ccc(C(=O)Nc2cnn(C)c2C)n1. The molecule has 0 spiro atoms. The highest BCUT2D eigenvalue weighted by Crippen LogP contribution is 2.22.